The van der Waals surface area contributed by atoms with E-state index in [9.17, 15) is 9.59 Å². The molecule has 1 atom stereocenters. The number of rotatable bonds is 5. The number of ether oxygens (including phenoxy) is 1. The highest BCUT2D eigenvalue weighted by Crippen LogP contribution is 2.42. The van der Waals surface area contributed by atoms with Gasteiger partial charge in [0.15, 0.2) is 5.16 Å². The standard InChI is InChI=1S/C22H20N4O3S/c1-3-29-21(28)16-15(14-11-7-8-12-23-14)17-19(25-22(30-2)26-20(17)27)24-18(16)13-9-5-4-6-10-13/h4-12,15H,3H2,1-2H3,(H2,24,25,26,27). The van der Waals surface area contributed by atoms with Gasteiger partial charge in [-0.2, -0.15) is 0 Å². The van der Waals surface area contributed by atoms with Crippen LogP contribution in [0.1, 0.15) is 29.7 Å². The van der Waals surface area contributed by atoms with Gasteiger partial charge >= 0.3 is 5.97 Å². The molecule has 0 aliphatic carbocycles. The molecule has 2 N–H and O–H groups in total. The third kappa shape index (κ3) is 3.61. The number of aromatic nitrogens is 3. The number of anilines is 1. The summed E-state index contributed by atoms with van der Waals surface area (Å²) >= 11 is 1.34. The van der Waals surface area contributed by atoms with E-state index in [-0.39, 0.29) is 12.2 Å². The Kier molecular flexibility index (Phi) is 5.67. The van der Waals surface area contributed by atoms with Crippen LogP contribution in [0, 0.1) is 0 Å². The second kappa shape index (κ2) is 8.54. The zero-order valence-corrected chi connectivity index (χ0v) is 17.3. The number of esters is 1. The van der Waals surface area contributed by atoms with Crippen LogP contribution in [0.25, 0.3) is 5.70 Å². The van der Waals surface area contributed by atoms with Gasteiger partial charge in [-0.25, -0.2) is 9.78 Å². The Hall–Kier alpha value is -3.39. The van der Waals surface area contributed by atoms with Crippen LogP contribution in [-0.4, -0.2) is 33.8 Å². The number of thioether (sulfide) groups is 1. The summed E-state index contributed by atoms with van der Waals surface area (Å²) in [5.74, 6) is -0.812. The molecule has 0 radical (unpaired) electrons. The quantitative estimate of drug-likeness (QED) is 0.371. The molecule has 0 spiro atoms. The topological polar surface area (TPSA) is 97.0 Å². The van der Waals surface area contributed by atoms with Crippen LogP contribution < -0.4 is 10.9 Å². The molecular weight excluding hydrogens is 400 g/mol. The number of H-pyrrole nitrogens is 1. The lowest BCUT2D eigenvalue weighted by Crippen LogP contribution is -2.31. The minimum atomic E-state index is -0.719. The van der Waals surface area contributed by atoms with E-state index in [1.54, 1.807) is 25.3 Å². The van der Waals surface area contributed by atoms with Crippen molar-refractivity contribution in [2.24, 2.45) is 0 Å². The summed E-state index contributed by atoms with van der Waals surface area (Å²) in [4.78, 5) is 38.0. The third-order valence-corrected chi connectivity index (χ3v) is 5.34. The minimum absolute atomic E-state index is 0.215. The molecule has 1 aliphatic heterocycles. The fourth-order valence-corrected chi connectivity index (χ4v) is 3.88. The lowest BCUT2D eigenvalue weighted by Gasteiger charge is -2.29. The van der Waals surface area contributed by atoms with Gasteiger partial charge in [-0.05, 0) is 30.9 Å². The summed E-state index contributed by atoms with van der Waals surface area (Å²) in [5.41, 5.74) is 2.28. The van der Waals surface area contributed by atoms with E-state index >= 15 is 0 Å². The highest BCUT2D eigenvalue weighted by Gasteiger charge is 2.38. The monoisotopic (exact) mass is 420 g/mol. The number of carbonyl (C=O) groups is 1. The average Bonchev–Trinajstić information content (AvgIpc) is 2.79. The average molecular weight is 420 g/mol. The molecule has 30 heavy (non-hydrogen) atoms. The maximum atomic E-state index is 13.1. The zero-order chi connectivity index (χ0) is 21.1. The van der Waals surface area contributed by atoms with Crippen LogP contribution >= 0.6 is 11.8 Å². The molecule has 4 rings (SSSR count). The van der Waals surface area contributed by atoms with E-state index in [1.165, 1.54) is 11.8 Å². The lowest BCUT2D eigenvalue weighted by atomic mass is 9.83. The number of nitrogens with one attached hydrogen (secondary N) is 2. The van der Waals surface area contributed by atoms with Crippen molar-refractivity contribution < 1.29 is 9.53 Å². The van der Waals surface area contributed by atoms with Gasteiger partial charge in [0.25, 0.3) is 5.56 Å². The molecule has 0 amide bonds. The molecule has 1 unspecified atom stereocenters. The summed E-state index contributed by atoms with van der Waals surface area (Å²) < 4.78 is 5.38. The summed E-state index contributed by atoms with van der Waals surface area (Å²) in [7, 11) is 0. The maximum Gasteiger partial charge on any atom is 0.337 e. The molecule has 0 bridgehead atoms. The molecule has 0 saturated carbocycles. The number of aromatic amines is 1. The first-order valence-electron chi connectivity index (χ1n) is 9.46. The molecule has 7 nitrogen and oxygen atoms in total. The van der Waals surface area contributed by atoms with Crippen molar-refractivity contribution in [3.63, 3.8) is 0 Å². The highest BCUT2D eigenvalue weighted by atomic mass is 32.2. The molecule has 3 aromatic rings. The number of benzene rings is 1. The molecular formula is C22H20N4O3S. The predicted molar refractivity (Wildman–Crippen MR) is 116 cm³/mol. The SMILES string of the molecule is CCOC(=O)C1=C(c2ccccc2)Nc2nc(SC)[nH]c(=O)c2C1c1ccccn1. The van der Waals surface area contributed by atoms with Gasteiger partial charge in [-0.1, -0.05) is 48.2 Å². The van der Waals surface area contributed by atoms with E-state index in [0.717, 1.165) is 5.56 Å². The van der Waals surface area contributed by atoms with E-state index in [0.29, 0.717) is 33.5 Å². The number of nitrogens with zero attached hydrogens (tertiary/aromatic N) is 2. The predicted octanol–water partition coefficient (Wildman–Crippen LogP) is 3.42. The number of hydrogen-bond acceptors (Lipinski definition) is 7. The summed E-state index contributed by atoms with van der Waals surface area (Å²) in [6.07, 6.45) is 3.47. The third-order valence-electron chi connectivity index (χ3n) is 4.76. The molecule has 0 saturated heterocycles. The van der Waals surface area contributed by atoms with Gasteiger partial charge in [-0.15, -0.1) is 0 Å². The molecule has 152 valence electrons. The normalized spacial score (nSPS) is 15.3. The van der Waals surface area contributed by atoms with Crippen molar-refractivity contribution in [2.75, 3.05) is 18.2 Å². The van der Waals surface area contributed by atoms with E-state index in [4.69, 9.17) is 4.74 Å². The van der Waals surface area contributed by atoms with Crippen LogP contribution in [0.5, 0.6) is 0 Å². The number of fused-ring (bicyclic) bond motifs is 1. The Bertz CT molecular complexity index is 1160. The summed E-state index contributed by atoms with van der Waals surface area (Å²) in [6.45, 7) is 1.96. The maximum absolute atomic E-state index is 13.1. The molecule has 1 aliphatic rings. The van der Waals surface area contributed by atoms with E-state index in [2.05, 4.69) is 20.3 Å². The zero-order valence-electron chi connectivity index (χ0n) is 16.5. The smallest absolute Gasteiger partial charge is 0.337 e. The van der Waals surface area contributed by atoms with Crippen molar-refractivity contribution in [3.05, 3.63) is 87.5 Å². The van der Waals surface area contributed by atoms with Crippen LogP contribution in [0.2, 0.25) is 0 Å². The second-order valence-electron chi connectivity index (χ2n) is 6.53. The Balaban J connectivity index is 2.04. The van der Waals surface area contributed by atoms with Crippen molar-refractivity contribution in [2.45, 2.75) is 18.0 Å². The second-order valence-corrected chi connectivity index (χ2v) is 7.32. The van der Waals surface area contributed by atoms with Crippen molar-refractivity contribution in [1.82, 2.24) is 15.0 Å². The van der Waals surface area contributed by atoms with Crippen LogP contribution in [0.3, 0.4) is 0 Å². The highest BCUT2D eigenvalue weighted by molar-refractivity contribution is 7.98. The van der Waals surface area contributed by atoms with E-state index in [1.807, 2.05) is 42.7 Å². The van der Waals surface area contributed by atoms with Gasteiger partial charge in [0.05, 0.1) is 35.1 Å². The largest absolute Gasteiger partial charge is 0.463 e. The fourth-order valence-electron chi connectivity index (χ4n) is 3.50. The van der Waals surface area contributed by atoms with Gasteiger partial charge < -0.3 is 15.0 Å². The van der Waals surface area contributed by atoms with Crippen molar-refractivity contribution in [3.8, 4) is 0 Å². The molecule has 1 aromatic carbocycles. The molecule has 0 fully saturated rings. The summed E-state index contributed by atoms with van der Waals surface area (Å²) in [5, 5.41) is 3.71. The molecule has 8 heteroatoms. The first-order valence-corrected chi connectivity index (χ1v) is 10.7. The Morgan fingerprint density at radius 2 is 1.93 bits per heavy atom. The minimum Gasteiger partial charge on any atom is -0.463 e. The van der Waals surface area contributed by atoms with E-state index < -0.39 is 11.9 Å². The van der Waals surface area contributed by atoms with Crippen LogP contribution in [0.15, 0.2) is 70.3 Å². The van der Waals surface area contributed by atoms with Gasteiger partial charge in [-0.3, -0.25) is 9.78 Å². The van der Waals surface area contributed by atoms with Crippen molar-refractivity contribution in [1.29, 1.82) is 0 Å². The number of pyridine rings is 1. The Morgan fingerprint density at radius 1 is 1.17 bits per heavy atom. The van der Waals surface area contributed by atoms with Gasteiger partial charge in [0.2, 0.25) is 0 Å². The fraction of sp³-hybridized carbons (Fsp3) is 0.182. The Morgan fingerprint density at radius 3 is 2.60 bits per heavy atom. The molecule has 3 heterocycles. The van der Waals surface area contributed by atoms with Crippen LogP contribution in [-0.2, 0) is 9.53 Å². The van der Waals surface area contributed by atoms with Gasteiger partial charge in [0.1, 0.15) is 5.82 Å². The van der Waals surface area contributed by atoms with Crippen LogP contribution in [0.4, 0.5) is 5.82 Å². The number of hydrogen-bond donors (Lipinski definition) is 2. The first-order chi connectivity index (χ1) is 14.6. The van der Waals surface area contributed by atoms with Gasteiger partial charge in [0, 0.05) is 6.20 Å². The lowest BCUT2D eigenvalue weighted by molar-refractivity contribution is -0.138. The van der Waals surface area contributed by atoms with Crippen molar-refractivity contribution >= 4 is 29.2 Å². The Labute approximate surface area is 177 Å². The number of carbonyl (C=O) groups excluding carboxylic acids is 1. The molecule has 2 aromatic heterocycles. The first kappa shape index (κ1) is 19.9. The summed E-state index contributed by atoms with van der Waals surface area (Å²) in [6, 6.07) is 14.9.